The minimum Gasteiger partial charge on any atom is -0.494 e. The van der Waals surface area contributed by atoms with Gasteiger partial charge in [0.2, 0.25) is 11.9 Å². The quantitative estimate of drug-likeness (QED) is 0.239. The Morgan fingerprint density at radius 1 is 1.10 bits per heavy atom. The van der Waals surface area contributed by atoms with Crippen LogP contribution in [0.2, 0.25) is 0 Å². The van der Waals surface area contributed by atoms with Gasteiger partial charge in [0.05, 0.1) is 20.6 Å². The first-order valence-corrected chi connectivity index (χ1v) is 13.6. The number of fused-ring (bicyclic) bond motifs is 1. The Kier molecular flexibility index (Phi) is 10.5. The lowest BCUT2D eigenvalue weighted by Gasteiger charge is -2.25. The molecule has 4 rings (SSSR count). The van der Waals surface area contributed by atoms with Crippen LogP contribution in [0.4, 0.5) is 5.95 Å². The number of Topliss-reactive ketones (excluding diaryl/α,β-unsaturated/α-hetero) is 1. The predicted molar refractivity (Wildman–Crippen MR) is 157 cm³/mol. The first-order chi connectivity index (χ1) is 19.9. The molecular formula is C30H38N6O5. The third kappa shape index (κ3) is 7.92. The first kappa shape index (κ1) is 29.8. The number of benzene rings is 1. The number of nitrogens with zero attached hydrogens (tertiary/aromatic N) is 3. The highest BCUT2D eigenvalue weighted by Gasteiger charge is 2.26. The van der Waals surface area contributed by atoms with Crippen molar-refractivity contribution in [3.05, 3.63) is 71.6 Å². The second kappa shape index (κ2) is 14.4. The van der Waals surface area contributed by atoms with Gasteiger partial charge in [-0.25, -0.2) is 4.98 Å². The fourth-order valence-corrected chi connectivity index (χ4v) is 4.68. The zero-order valence-corrected chi connectivity index (χ0v) is 24.0. The molecule has 11 heteroatoms. The number of carbonyl (C=O) groups is 2. The van der Waals surface area contributed by atoms with Gasteiger partial charge in [0.1, 0.15) is 17.5 Å². The Hall–Kier alpha value is -4.22. The number of amides is 1. The molecule has 218 valence electrons. The van der Waals surface area contributed by atoms with Crippen LogP contribution >= 0.6 is 0 Å². The highest BCUT2D eigenvalue weighted by atomic mass is 16.5. The van der Waals surface area contributed by atoms with E-state index < -0.39 is 0 Å². The molecule has 1 aromatic carbocycles. The maximum atomic E-state index is 12.5. The second-order valence-electron chi connectivity index (χ2n) is 9.77. The zero-order valence-electron chi connectivity index (χ0n) is 24.0. The van der Waals surface area contributed by atoms with Gasteiger partial charge < -0.3 is 39.5 Å². The number of carbonyl (C=O) groups excluding carboxylic acids is 2. The molecule has 0 radical (unpaired) electrons. The molecule has 0 bridgehead atoms. The number of anilines is 1. The fourth-order valence-electron chi connectivity index (χ4n) is 4.68. The molecular weight excluding hydrogens is 524 g/mol. The van der Waals surface area contributed by atoms with Crippen LogP contribution < -0.4 is 16.0 Å². The summed E-state index contributed by atoms with van der Waals surface area (Å²) in [5.41, 5.74) is 3.37. The number of ketones is 1. The smallest absolute Gasteiger partial charge is 0.228 e. The molecule has 41 heavy (non-hydrogen) atoms. The zero-order chi connectivity index (χ0) is 29.2. The lowest BCUT2D eigenvalue weighted by atomic mass is 10.0. The number of aromatic nitrogens is 3. The van der Waals surface area contributed by atoms with E-state index in [-0.39, 0.29) is 24.2 Å². The van der Waals surface area contributed by atoms with Crippen LogP contribution in [0, 0.1) is 0 Å². The molecule has 2 heterocycles. The number of ether oxygens (including phenoxy) is 3. The van der Waals surface area contributed by atoms with Gasteiger partial charge in [-0.2, -0.15) is 4.98 Å². The lowest BCUT2D eigenvalue weighted by molar-refractivity contribution is -0.120. The monoisotopic (exact) mass is 562 g/mol. The fraction of sp³-hybridized carbons (Fsp3) is 0.400. The van der Waals surface area contributed by atoms with Gasteiger partial charge in [0, 0.05) is 68.3 Å². The summed E-state index contributed by atoms with van der Waals surface area (Å²) in [5.74, 6) is 1.81. The van der Waals surface area contributed by atoms with E-state index in [9.17, 15) is 9.59 Å². The van der Waals surface area contributed by atoms with Gasteiger partial charge in [0.15, 0.2) is 11.5 Å². The third-order valence-electron chi connectivity index (χ3n) is 6.73. The number of hydrogen-bond acceptors (Lipinski definition) is 9. The molecule has 0 aliphatic heterocycles. The summed E-state index contributed by atoms with van der Waals surface area (Å²) in [7, 11) is 4.81. The van der Waals surface area contributed by atoms with E-state index in [2.05, 4.69) is 20.9 Å². The molecule has 0 fully saturated rings. The summed E-state index contributed by atoms with van der Waals surface area (Å²) in [4.78, 5) is 32.8. The molecule has 3 N–H and O–H groups in total. The van der Waals surface area contributed by atoms with Gasteiger partial charge in [-0.05, 0) is 43.7 Å². The Balaban J connectivity index is 1.41. The van der Waals surface area contributed by atoms with E-state index in [1.54, 1.807) is 34.4 Å². The number of nitrogens with one attached hydrogen (secondary N) is 3. The van der Waals surface area contributed by atoms with Gasteiger partial charge in [0.25, 0.3) is 0 Å². The van der Waals surface area contributed by atoms with Crippen molar-refractivity contribution in [3.63, 3.8) is 0 Å². The number of rotatable bonds is 15. The van der Waals surface area contributed by atoms with Gasteiger partial charge in [-0.3, -0.25) is 4.79 Å². The van der Waals surface area contributed by atoms with Crippen LogP contribution in [-0.2, 0) is 30.2 Å². The molecule has 11 nitrogen and oxygen atoms in total. The molecule has 1 aliphatic carbocycles. The Morgan fingerprint density at radius 2 is 1.95 bits per heavy atom. The molecule has 3 aromatic rings. The minimum absolute atomic E-state index is 0.0462. The largest absolute Gasteiger partial charge is 0.494 e. The molecule has 1 aliphatic rings. The summed E-state index contributed by atoms with van der Waals surface area (Å²) >= 11 is 0. The van der Waals surface area contributed by atoms with Crippen molar-refractivity contribution in [2.24, 2.45) is 0 Å². The summed E-state index contributed by atoms with van der Waals surface area (Å²) in [6.07, 6.45) is 7.49. The van der Waals surface area contributed by atoms with Crippen LogP contribution in [0.5, 0.6) is 0 Å². The van der Waals surface area contributed by atoms with E-state index in [1.165, 1.54) is 0 Å². The van der Waals surface area contributed by atoms with E-state index in [0.717, 1.165) is 40.9 Å². The van der Waals surface area contributed by atoms with Crippen LogP contribution in [0.1, 0.15) is 31.7 Å². The Labute approximate surface area is 240 Å². The molecule has 0 saturated heterocycles. The highest BCUT2D eigenvalue weighted by Crippen LogP contribution is 2.28. The van der Waals surface area contributed by atoms with Crippen molar-refractivity contribution in [2.45, 2.75) is 38.7 Å². The molecule has 1 atom stereocenters. The topological polar surface area (TPSA) is 129 Å². The standard InChI is InChI=1S/C30H38N6O5/c1-20(37)7-6-11-31-12-13-32-27(38)16-21-8-5-9-24(15-21)36-14-10-22-19-33-30(35-29(22)36)34-23-17-25(39-2)28(41-4)26(18-23)40-3/h5,8-10,14-15,17,19,26,31H,6-7,11-13,16,18H2,1-4H3,(H,32,38)(H,33,34,35). The third-order valence-corrected chi connectivity index (χ3v) is 6.73. The minimum atomic E-state index is -0.288. The van der Waals surface area contributed by atoms with Crippen molar-refractivity contribution in [1.82, 2.24) is 25.2 Å². The van der Waals surface area contributed by atoms with Gasteiger partial charge in [-0.15, -0.1) is 0 Å². The summed E-state index contributed by atoms with van der Waals surface area (Å²) in [6.45, 7) is 3.55. The van der Waals surface area contributed by atoms with Crippen LogP contribution in [0.25, 0.3) is 16.7 Å². The van der Waals surface area contributed by atoms with Crippen molar-refractivity contribution in [1.29, 1.82) is 0 Å². The molecule has 2 aromatic heterocycles. The van der Waals surface area contributed by atoms with Gasteiger partial charge in [-0.1, -0.05) is 12.1 Å². The SMILES string of the molecule is COC1=C(OC)C(OC)CC(Nc2ncc3ccn(-c4cccc(CC(=O)NCCNCCCC(C)=O)c4)c3n2)=C1. The first-order valence-electron chi connectivity index (χ1n) is 13.6. The van der Waals surface area contributed by atoms with E-state index >= 15 is 0 Å². The Morgan fingerprint density at radius 3 is 2.71 bits per heavy atom. The van der Waals surface area contributed by atoms with Crippen molar-refractivity contribution >= 4 is 28.7 Å². The predicted octanol–water partition coefficient (Wildman–Crippen LogP) is 3.26. The molecule has 1 amide bonds. The van der Waals surface area contributed by atoms with Crippen molar-refractivity contribution in [3.8, 4) is 5.69 Å². The summed E-state index contributed by atoms with van der Waals surface area (Å²) < 4.78 is 18.5. The summed E-state index contributed by atoms with van der Waals surface area (Å²) in [6, 6.07) is 9.80. The normalized spacial score (nSPS) is 15.0. The van der Waals surface area contributed by atoms with Crippen LogP contribution in [0.3, 0.4) is 0 Å². The molecule has 1 unspecified atom stereocenters. The van der Waals surface area contributed by atoms with E-state index in [0.29, 0.717) is 43.4 Å². The second-order valence-corrected chi connectivity index (χ2v) is 9.77. The maximum absolute atomic E-state index is 12.5. The van der Waals surface area contributed by atoms with E-state index in [4.69, 9.17) is 19.2 Å². The Bertz CT molecular complexity index is 1430. The van der Waals surface area contributed by atoms with Crippen LogP contribution in [-0.4, -0.2) is 73.3 Å². The van der Waals surface area contributed by atoms with Gasteiger partial charge >= 0.3 is 0 Å². The highest BCUT2D eigenvalue weighted by molar-refractivity contribution is 5.80. The van der Waals surface area contributed by atoms with Crippen molar-refractivity contribution in [2.75, 3.05) is 46.3 Å². The lowest BCUT2D eigenvalue weighted by Crippen LogP contribution is -2.33. The average Bonchev–Trinajstić information content (AvgIpc) is 3.39. The number of hydrogen-bond donors (Lipinski definition) is 3. The average molecular weight is 563 g/mol. The number of allylic oxidation sites excluding steroid dienone is 1. The van der Waals surface area contributed by atoms with E-state index in [1.807, 2.05) is 47.2 Å². The number of methoxy groups -OCH3 is 3. The van der Waals surface area contributed by atoms with Crippen LogP contribution in [0.15, 0.2) is 66.0 Å². The maximum Gasteiger partial charge on any atom is 0.228 e. The molecule has 0 spiro atoms. The van der Waals surface area contributed by atoms with Crippen molar-refractivity contribution < 1.29 is 23.8 Å². The summed E-state index contributed by atoms with van der Waals surface area (Å²) in [5, 5.41) is 10.4. The molecule has 0 saturated carbocycles.